The molecule has 1 amide bonds. The smallest absolute Gasteiger partial charge is 0.249 e. The highest BCUT2D eigenvalue weighted by atomic mass is 32.2. The summed E-state index contributed by atoms with van der Waals surface area (Å²) in [6, 6.07) is 9.66. The van der Waals surface area contributed by atoms with Gasteiger partial charge < -0.3 is 0 Å². The third kappa shape index (κ3) is 4.92. The summed E-state index contributed by atoms with van der Waals surface area (Å²) in [4.78, 5) is 20.0. The number of nitrogens with zero attached hydrogens (tertiary/aromatic N) is 3. The van der Waals surface area contributed by atoms with Crippen molar-refractivity contribution in [2.45, 2.75) is 11.3 Å². The molecule has 0 bridgehead atoms. The van der Waals surface area contributed by atoms with Gasteiger partial charge in [-0.05, 0) is 36.4 Å². The Morgan fingerprint density at radius 1 is 1.15 bits per heavy atom. The molecule has 140 valence electrons. The summed E-state index contributed by atoms with van der Waals surface area (Å²) in [5.74, 6) is -0.557. The van der Waals surface area contributed by atoms with Crippen LogP contribution in [0.15, 0.2) is 53.6 Å². The van der Waals surface area contributed by atoms with Crippen LogP contribution in [0, 0.1) is 5.82 Å². The average molecular weight is 390 g/mol. The molecule has 3 rings (SSSR count). The van der Waals surface area contributed by atoms with Crippen molar-refractivity contribution in [3.63, 3.8) is 0 Å². The van der Waals surface area contributed by atoms with Gasteiger partial charge in [-0.3, -0.25) is 20.2 Å². The SMILES string of the molecule is O=C(CCNS(=O)(=O)c1ccc(F)cc1)Nc1n[nH]c(-c2ccccn2)n1. The quantitative estimate of drug-likeness (QED) is 0.558. The van der Waals surface area contributed by atoms with Crippen molar-refractivity contribution in [1.29, 1.82) is 0 Å². The van der Waals surface area contributed by atoms with Crippen LogP contribution in [0.4, 0.5) is 10.3 Å². The van der Waals surface area contributed by atoms with Crippen LogP contribution in [0.2, 0.25) is 0 Å². The minimum absolute atomic E-state index is 0.0574. The maximum Gasteiger partial charge on any atom is 0.249 e. The van der Waals surface area contributed by atoms with E-state index in [-0.39, 0.29) is 23.8 Å². The second kappa shape index (κ2) is 8.01. The Morgan fingerprint density at radius 3 is 2.63 bits per heavy atom. The molecule has 1 aromatic carbocycles. The van der Waals surface area contributed by atoms with Gasteiger partial charge in [0.25, 0.3) is 0 Å². The van der Waals surface area contributed by atoms with Crippen molar-refractivity contribution in [3.8, 4) is 11.5 Å². The number of rotatable bonds is 7. The van der Waals surface area contributed by atoms with Gasteiger partial charge in [0.15, 0.2) is 5.82 Å². The molecule has 0 aliphatic rings. The minimum Gasteiger partial charge on any atom is -0.293 e. The van der Waals surface area contributed by atoms with Crippen LogP contribution < -0.4 is 10.0 Å². The first-order chi connectivity index (χ1) is 12.9. The Bertz CT molecular complexity index is 1020. The van der Waals surface area contributed by atoms with Crippen molar-refractivity contribution in [1.82, 2.24) is 24.9 Å². The molecule has 0 spiro atoms. The molecule has 27 heavy (non-hydrogen) atoms. The summed E-state index contributed by atoms with van der Waals surface area (Å²) in [5.41, 5.74) is 0.567. The molecule has 3 N–H and O–H groups in total. The van der Waals surface area contributed by atoms with Gasteiger partial charge in [-0.1, -0.05) is 6.07 Å². The maximum absolute atomic E-state index is 12.9. The number of H-pyrrole nitrogens is 1. The predicted molar refractivity (Wildman–Crippen MR) is 94.4 cm³/mol. The van der Waals surface area contributed by atoms with Crippen molar-refractivity contribution in [2.75, 3.05) is 11.9 Å². The average Bonchev–Trinajstić information content (AvgIpc) is 3.11. The second-order valence-corrected chi connectivity index (χ2v) is 7.14. The van der Waals surface area contributed by atoms with E-state index in [1.807, 2.05) is 0 Å². The Balaban J connectivity index is 1.51. The fourth-order valence-corrected chi connectivity index (χ4v) is 3.15. The van der Waals surface area contributed by atoms with Gasteiger partial charge in [-0.2, -0.15) is 4.98 Å². The van der Waals surface area contributed by atoms with Crippen molar-refractivity contribution >= 4 is 21.9 Å². The third-order valence-corrected chi connectivity index (χ3v) is 4.89. The van der Waals surface area contributed by atoms with E-state index in [0.29, 0.717) is 11.5 Å². The number of carbonyl (C=O) groups excluding carboxylic acids is 1. The number of hydrogen-bond donors (Lipinski definition) is 3. The standard InChI is InChI=1S/C16H15FN6O3S/c17-11-4-6-12(7-5-11)27(25,26)19-10-8-14(24)20-16-21-15(22-23-16)13-3-1-2-9-18-13/h1-7,9,19H,8,10H2,(H2,20,21,22,23,24). The molecule has 0 saturated heterocycles. The topological polar surface area (TPSA) is 130 Å². The maximum atomic E-state index is 12.9. The van der Waals surface area contributed by atoms with E-state index in [4.69, 9.17) is 0 Å². The molecule has 0 aliphatic carbocycles. The van der Waals surface area contributed by atoms with E-state index in [2.05, 4.69) is 30.2 Å². The van der Waals surface area contributed by atoms with Gasteiger partial charge >= 0.3 is 0 Å². The number of carbonyl (C=O) groups is 1. The number of aromatic nitrogens is 4. The van der Waals surface area contributed by atoms with E-state index < -0.39 is 21.7 Å². The van der Waals surface area contributed by atoms with E-state index >= 15 is 0 Å². The summed E-state index contributed by atoms with van der Waals surface area (Å²) in [6.07, 6.45) is 1.47. The summed E-state index contributed by atoms with van der Waals surface area (Å²) < 4.78 is 39.2. The number of halogens is 1. The lowest BCUT2D eigenvalue weighted by molar-refractivity contribution is -0.116. The molecule has 0 aliphatic heterocycles. The molecule has 9 nitrogen and oxygen atoms in total. The van der Waals surface area contributed by atoms with Crippen LogP contribution in [0.5, 0.6) is 0 Å². The highest BCUT2D eigenvalue weighted by molar-refractivity contribution is 7.89. The van der Waals surface area contributed by atoms with E-state index in [0.717, 1.165) is 24.3 Å². The molecule has 3 aromatic rings. The number of benzene rings is 1. The minimum atomic E-state index is -3.82. The molecular weight excluding hydrogens is 375 g/mol. The lowest BCUT2D eigenvalue weighted by Crippen LogP contribution is -2.28. The monoisotopic (exact) mass is 390 g/mol. The first kappa shape index (κ1) is 18.6. The molecule has 0 atom stereocenters. The molecule has 2 aromatic heterocycles. The number of nitrogens with one attached hydrogen (secondary N) is 3. The highest BCUT2D eigenvalue weighted by Crippen LogP contribution is 2.12. The second-order valence-electron chi connectivity index (χ2n) is 5.37. The Kier molecular flexibility index (Phi) is 5.52. The van der Waals surface area contributed by atoms with Crippen LogP contribution in [0.3, 0.4) is 0 Å². The van der Waals surface area contributed by atoms with Gasteiger partial charge in [0.05, 0.1) is 4.90 Å². The van der Waals surface area contributed by atoms with Gasteiger partial charge in [0.2, 0.25) is 21.9 Å². The van der Waals surface area contributed by atoms with Crippen LogP contribution >= 0.6 is 0 Å². The van der Waals surface area contributed by atoms with Crippen molar-refractivity contribution in [2.24, 2.45) is 0 Å². The Hall–Kier alpha value is -3.18. The molecule has 0 radical (unpaired) electrons. The lowest BCUT2D eigenvalue weighted by Gasteiger charge is -2.06. The zero-order valence-electron chi connectivity index (χ0n) is 13.9. The first-order valence-electron chi connectivity index (χ1n) is 7.83. The Labute approximate surface area is 154 Å². The number of anilines is 1. The number of sulfonamides is 1. The summed E-state index contributed by atoms with van der Waals surface area (Å²) >= 11 is 0. The van der Waals surface area contributed by atoms with Crippen LogP contribution in [0.1, 0.15) is 6.42 Å². The molecule has 0 unspecified atom stereocenters. The van der Waals surface area contributed by atoms with Crippen LogP contribution in [-0.2, 0) is 14.8 Å². The van der Waals surface area contributed by atoms with Crippen LogP contribution in [0.25, 0.3) is 11.5 Å². The number of aromatic amines is 1. The highest BCUT2D eigenvalue weighted by Gasteiger charge is 2.15. The number of pyridine rings is 1. The normalized spacial score (nSPS) is 11.3. The third-order valence-electron chi connectivity index (χ3n) is 3.41. The number of hydrogen-bond acceptors (Lipinski definition) is 6. The van der Waals surface area contributed by atoms with Gasteiger partial charge in [-0.25, -0.2) is 17.5 Å². The molecule has 11 heteroatoms. The summed E-state index contributed by atoms with van der Waals surface area (Å²) in [5, 5.41) is 8.98. The van der Waals surface area contributed by atoms with Crippen LogP contribution in [-0.4, -0.2) is 41.0 Å². The predicted octanol–water partition coefficient (Wildman–Crippen LogP) is 1.31. The largest absolute Gasteiger partial charge is 0.293 e. The first-order valence-corrected chi connectivity index (χ1v) is 9.31. The van der Waals surface area contributed by atoms with Gasteiger partial charge in [-0.15, -0.1) is 5.10 Å². The van der Waals surface area contributed by atoms with Gasteiger partial charge in [0, 0.05) is 19.2 Å². The summed E-state index contributed by atoms with van der Waals surface area (Å²) in [6.45, 7) is -0.136. The summed E-state index contributed by atoms with van der Waals surface area (Å²) in [7, 11) is -3.82. The van der Waals surface area contributed by atoms with E-state index in [9.17, 15) is 17.6 Å². The van der Waals surface area contributed by atoms with E-state index in [1.165, 1.54) is 0 Å². The molecular formula is C16H15FN6O3S. The van der Waals surface area contributed by atoms with Crippen molar-refractivity contribution in [3.05, 3.63) is 54.5 Å². The zero-order chi connectivity index (χ0) is 19.3. The number of amides is 1. The molecule has 0 saturated carbocycles. The fraction of sp³-hybridized carbons (Fsp3) is 0.125. The molecule has 0 fully saturated rings. The van der Waals surface area contributed by atoms with E-state index in [1.54, 1.807) is 24.4 Å². The lowest BCUT2D eigenvalue weighted by atomic mass is 10.3. The van der Waals surface area contributed by atoms with Crippen molar-refractivity contribution < 1.29 is 17.6 Å². The van der Waals surface area contributed by atoms with Gasteiger partial charge in [0.1, 0.15) is 11.5 Å². The molecule has 2 heterocycles. The fourth-order valence-electron chi connectivity index (χ4n) is 2.12. The Morgan fingerprint density at radius 2 is 1.93 bits per heavy atom. The zero-order valence-corrected chi connectivity index (χ0v) is 14.7.